The van der Waals surface area contributed by atoms with Gasteiger partial charge in [-0.1, -0.05) is 41.9 Å². The first kappa shape index (κ1) is 17.3. The molecule has 0 aromatic heterocycles. The van der Waals surface area contributed by atoms with Crippen molar-refractivity contribution in [3.05, 3.63) is 35.9 Å². The van der Waals surface area contributed by atoms with E-state index in [1.54, 1.807) is 14.0 Å². The summed E-state index contributed by atoms with van der Waals surface area (Å²) in [5, 5.41) is 0. The molecule has 0 fully saturated rings. The van der Waals surface area contributed by atoms with Gasteiger partial charge in [0.15, 0.2) is 5.56 Å². The lowest BCUT2D eigenvalue weighted by Gasteiger charge is -2.17. The van der Waals surface area contributed by atoms with Crippen molar-refractivity contribution in [3.8, 4) is 0 Å². The Labute approximate surface area is 129 Å². The fourth-order valence-corrected chi connectivity index (χ4v) is 1.67. The summed E-state index contributed by atoms with van der Waals surface area (Å²) >= 11 is 5.56. The van der Waals surface area contributed by atoms with Gasteiger partial charge < -0.3 is 14.4 Å². The SMILES string of the molecule is CC(Cl)OC(=O)N(C)CCCC(=O)OCc1ccccc1. The predicted octanol–water partition coefficient (Wildman–Crippen LogP) is 3.16. The molecule has 0 aliphatic rings. The van der Waals surface area contributed by atoms with Gasteiger partial charge in [0.2, 0.25) is 0 Å². The first-order chi connectivity index (χ1) is 9.99. The number of halogens is 1. The van der Waals surface area contributed by atoms with Crippen molar-refractivity contribution in [1.29, 1.82) is 0 Å². The van der Waals surface area contributed by atoms with Crippen molar-refractivity contribution in [2.24, 2.45) is 0 Å². The van der Waals surface area contributed by atoms with Crippen LogP contribution >= 0.6 is 11.6 Å². The van der Waals surface area contributed by atoms with E-state index in [2.05, 4.69) is 0 Å². The van der Waals surface area contributed by atoms with E-state index in [4.69, 9.17) is 21.1 Å². The third-order valence-electron chi connectivity index (χ3n) is 2.69. The summed E-state index contributed by atoms with van der Waals surface area (Å²) in [5.74, 6) is -0.286. The number of carbonyl (C=O) groups is 2. The molecule has 0 bridgehead atoms. The van der Waals surface area contributed by atoms with Gasteiger partial charge in [-0.2, -0.15) is 0 Å². The Balaban J connectivity index is 2.17. The first-order valence-electron chi connectivity index (χ1n) is 6.74. The van der Waals surface area contributed by atoms with Crippen molar-refractivity contribution < 1.29 is 19.1 Å². The third kappa shape index (κ3) is 7.56. The molecule has 1 unspecified atom stereocenters. The molecule has 1 aromatic carbocycles. The van der Waals surface area contributed by atoms with Gasteiger partial charge in [0.05, 0.1) is 0 Å². The molecule has 1 rings (SSSR count). The number of rotatable bonds is 7. The fraction of sp³-hybridized carbons (Fsp3) is 0.467. The number of amides is 1. The van der Waals surface area contributed by atoms with Crippen LogP contribution in [-0.4, -0.2) is 36.1 Å². The van der Waals surface area contributed by atoms with Gasteiger partial charge in [-0.15, -0.1) is 0 Å². The molecule has 21 heavy (non-hydrogen) atoms. The number of esters is 1. The Morgan fingerprint density at radius 2 is 1.95 bits per heavy atom. The average molecular weight is 314 g/mol. The van der Waals surface area contributed by atoms with Crippen molar-refractivity contribution in [2.75, 3.05) is 13.6 Å². The van der Waals surface area contributed by atoms with E-state index in [-0.39, 0.29) is 19.0 Å². The number of nitrogens with zero attached hydrogens (tertiary/aromatic N) is 1. The molecule has 116 valence electrons. The molecule has 0 aliphatic heterocycles. The molecular formula is C15H20ClNO4. The van der Waals surface area contributed by atoms with E-state index in [1.807, 2.05) is 30.3 Å². The van der Waals surface area contributed by atoms with Gasteiger partial charge in [-0.25, -0.2) is 4.79 Å². The Morgan fingerprint density at radius 1 is 1.29 bits per heavy atom. The Hall–Kier alpha value is -1.75. The van der Waals surface area contributed by atoms with Crippen LogP contribution in [0.1, 0.15) is 25.3 Å². The van der Waals surface area contributed by atoms with Gasteiger partial charge >= 0.3 is 12.1 Å². The maximum absolute atomic E-state index is 11.6. The Bertz CT molecular complexity index is 450. The molecule has 0 heterocycles. The highest BCUT2D eigenvalue weighted by Crippen LogP contribution is 2.05. The minimum absolute atomic E-state index is 0.251. The monoisotopic (exact) mass is 313 g/mol. The highest BCUT2D eigenvalue weighted by molar-refractivity contribution is 6.19. The van der Waals surface area contributed by atoms with Crippen LogP contribution < -0.4 is 0 Å². The normalized spacial score (nSPS) is 11.6. The largest absolute Gasteiger partial charge is 0.461 e. The zero-order valence-electron chi connectivity index (χ0n) is 12.3. The van der Waals surface area contributed by atoms with Crippen molar-refractivity contribution in [1.82, 2.24) is 4.90 Å². The van der Waals surface area contributed by atoms with Crippen LogP contribution in [0.5, 0.6) is 0 Å². The first-order valence-corrected chi connectivity index (χ1v) is 7.18. The lowest BCUT2D eigenvalue weighted by atomic mass is 10.2. The average Bonchev–Trinajstić information content (AvgIpc) is 2.45. The van der Waals surface area contributed by atoms with E-state index in [1.165, 1.54) is 4.90 Å². The lowest BCUT2D eigenvalue weighted by Crippen LogP contribution is -2.30. The zero-order valence-corrected chi connectivity index (χ0v) is 13.0. The van der Waals surface area contributed by atoms with Crippen LogP contribution in [0.25, 0.3) is 0 Å². The number of ether oxygens (including phenoxy) is 2. The molecule has 0 aliphatic carbocycles. The van der Waals surface area contributed by atoms with E-state index in [0.29, 0.717) is 13.0 Å². The molecule has 1 atom stereocenters. The number of hydrogen-bond acceptors (Lipinski definition) is 4. The molecule has 0 N–H and O–H groups in total. The third-order valence-corrected chi connectivity index (χ3v) is 2.78. The molecule has 1 amide bonds. The fourth-order valence-electron chi connectivity index (χ4n) is 1.59. The minimum atomic E-state index is -0.671. The topological polar surface area (TPSA) is 55.8 Å². The second kappa shape index (κ2) is 9.23. The van der Waals surface area contributed by atoms with Gasteiger partial charge in [-0.3, -0.25) is 4.79 Å². The number of alkyl halides is 1. The van der Waals surface area contributed by atoms with Crippen LogP contribution in [0.15, 0.2) is 30.3 Å². The summed E-state index contributed by atoms with van der Waals surface area (Å²) in [5.41, 5.74) is 0.276. The van der Waals surface area contributed by atoms with Gasteiger partial charge in [-0.05, 0) is 18.9 Å². The summed E-state index contributed by atoms with van der Waals surface area (Å²) in [7, 11) is 1.59. The van der Waals surface area contributed by atoms with Crippen LogP contribution in [0, 0.1) is 0 Å². The van der Waals surface area contributed by atoms with Gasteiger partial charge in [0.1, 0.15) is 6.61 Å². The smallest absolute Gasteiger partial charge is 0.410 e. The Morgan fingerprint density at radius 3 is 2.57 bits per heavy atom. The summed E-state index contributed by atoms with van der Waals surface area (Å²) in [6, 6.07) is 9.47. The molecule has 1 aromatic rings. The van der Waals surface area contributed by atoms with Crippen LogP contribution in [0.4, 0.5) is 4.79 Å². The number of hydrogen-bond donors (Lipinski definition) is 0. The number of benzene rings is 1. The van der Waals surface area contributed by atoms with Crippen LogP contribution in [0.2, 0.25) is 0 Å². The van der Waals surface area contributed by atoms with Crippen LogP contribution in [-0.2, 0) is 20.9 Å². The molecule has 5 nitrogen and oxygen atoms in total. The minimum Gasteiger partial charge on any atom is -0.461 e. The number of carbonyl (C=O) groups excluding carboxylic acids is 2. The summed E-state index contributed by atoms with van der Waals surface area (Å²) in [6.45, 7) is 2.23. The van der Waals surface area contributed by atoms with E-state index in [0.717, 1.165) is 5.56 Å². The second-order valence-corrected chi connectivity index (χ2v) is 5.21. The molecule has 0 radical (unpaired) electrons. The highest BCUT2D eigenvalue weighted by atomic mass is 35.5. The molecule has 6 heteroatoms. The van der Waals surface area contributed by atoms with E-state index in [9.17, 15) is 9.59 Å². The quantitative estimate of drug-likeness (QED) is 0.573. The van der Waals surface area contributed by atoms with Crippen molar-refractivity contribution in [3.63, 3.8) is 0 Å². The highest BCUT2D eigenvalue weighted by Gasteiger charge is 2.13. The second-order valence-electron chi connectivity index (χ2n) is 4.60. The van der Waals surface area contributed by atoms with Crippen molar-refractivity contribution in [2.45, 2.75) is 31.9 Å². The molecule has 0 saturated heterocycles. The van der Waals surface area contributed by atoms with E-state index >= 15 is 0 Å². The van der Waals surface area contributed by atoms with Crippen LogP contribution in [0.3, 0.4) is 0 Å². The van der Waals surface area contributed by atoms with Gasteiger partial charge in [0, 0.05) is 20.0 Å². The maximum Gasteiger partial charge on any atom is 0.410 e. The molecule has 0 spiro atoms. The molecule has 0 saturated carbocycles. The lowest BCUT2D eigenvalue weighted by molar-refractivity contribution is -0.145. The Kier molecular flexibility index (Phi) is 7.61. The van der Waals surface area contributed by atoms with Crippen molar-refractivity contribution >= 4 is 23.7 Å². The molecular weight excluding hydrogens is 294 g/mol. The zero-order chi connectivity index (χ0) is 15.7. The maximum atomic E-state index is 11.6. The van der Waals surface area contributed by atoms with E-state index < -0.39 is 11.7 Å². The standard InChI is InChI=1S/C15H20ClNO4/c1-12(16)21-15(19)17(2)10-6-9-14(18)20-11-13-7-4-3-5-8-13/h3-5,7-8,12H,6,9-11H2,1-2H3. The summed E-state index contributed by atoms with van der Waals surface area (Å²) in [4.78, 5) is 24.4. The summed E-state index contributed by atoms with van der Waals surface area (Å²) in [6.07, 6.45) is 0.256. The van der Waals surface area contributed by atoms with Gasteiger partial charge in [0.25, 0.3) is 0 Å². The predicted molar refractivity (Wildman–Crippen MR) is 79.9 cm³/mol. The summed E-state index contributed by atoms with van der Waals surface area (Å²) < 4.78 is 9.95.